The molecule has 1 saturated heterocycles. The first kappa shape index (κ1) is 25.5. The van der Waals surface area contributed by atoms with Gasteiger partial charge in [-0.15, -0.1) is 4.40 Å². The highest BCUT2D eigenvalue weighted by atomic mass is 35.5. The molecular formula is C24H26ClN3O5S2. The third kappa shape index (κ3) is 6.17. The normalized spacial score (nSPS) is 20.3. The minimum absolute atomic E-state index is 0.00902. The molecule has 186 valence electrons. The van der Waals surface area contributed by atoms with Gasteiger partial charge in [0.1, 0.15) is 11.0 Å². The maximum Gasteiger partial charge on any atom is 0.284 e. The Hall–Kier alpha value is -2.56. The van der Waals surface area contributed by atoms with Gasteiger partial charge >= 0.3 is 0 Å². The number of hydrogen-bond donors (Lipinski definition) is 1. The Morgan fingerprint density at radius 2 is 1.89 bits per heavy atom. The van der Waals surface area contributed by atoms with E-state index in [2.05, 4.69) is 9.71 Å². The highest BCUT2D eigenvalue weighted by molar-refractivity contribution is 8.16. The molecule has 2 amide bonds. The molecule has 2 fully saturated rings. The molecular weight excluding hydrogens is 510 g/mol. The van der Waals surface area contributed by atoms with E-state index in [1.54, 1.807) is 24.3 Å². The monoisotopic (exact) mass is 535 g/mol. The number of rotatable bonds is 7. The van der Waals surface area contributed by atoms with Crippen molar-refractivity contribution in [2.45, 2.75) is 54.7 Å². The highest BCUT2D eigenvalue weighted by Gasteiger charge is 2.43. The number of amidine groups is 1. The molecule has 8 nitrogen and oxygen atoms in total. The molecule has 0 spiro atoms. The molecule has 2 aliphatic rings. The summed E-state index contributed by atoms with van der Waals surface area (Å²) in [5, 5.41) is 2.55. The summed E-state index contributed by atoms with van der Waals surface area (Å²) in [5.74, 6) is -0.0401. The van der Waals surface area contributed by atoms with Gasteiger partial charge < -0.3 is 10.1 Å². The number of methoxy groups -OCH3 is 1. The fraction of sp³-hybridized carbons (Fsp3) is 0.375. The topological polar surface area (TPSA) is 105 Å². The summed E-state index contributed by atoms with van der Waals surface area (Å²) in [6.45, 7) is 0. The van der Waals surface area contributed by atoms with Crippen LogP contribution in [0.3, 0.4) is 0 Å². The summed E-state index contributed by atoms with van der Waals surface area (Å²) in [6, 6.07) is 12.5. The molecule has 0 aromatic heterocycles. The first-order valence-corrected chi connectivity index (χ1v) is 14.0. The number of thioether (sulfide) groups is 1. The molecule has 35 heavy (non-hydrogen) atoms. The predicted octanol–water partition coefficient (Wildman–Crippen LogP) is 4.70. The molecule has 2 aromatic rings. The second-order valence-corrected chi connectivity index (χ2v) is 11.6. The zero-order chi connectivity index (χ0) is 25.0. The molecule has 2 aromatic carbocycles. The van der Waals surface area contributed by atoms with Crippen LogP contribution in [0.1, 0.15) is 38.5 Å². The number of carbonyl (C=O) groups excluding carboxylic acids is 2. The van der Waals surface area contributed by atoms with E-state index >= 15 is 0 Å². The van der Waals surface area contributed by atoms with Crippen molar-refractivity contribution in [1.29, 1.82) is 0 Å². The Morgan fingerprint density at radius 1 is 1.17 bits per heavy atom. The molecule has 1 aliphatic carbocycles. The number of benzene rings is 2. The van der Waals surface area contributed by atoms with Gasteiger partial charge in [0.15, 0.2) is 5.17 Å². The second kappa shape index (κ2) is 11.0. The number of sulfonamides is 1. The van der Waals surface area contributed by atoms with Crippen LogP contribution in [0.2, 0.25) is 5.02 Å². The number of nitrogens with zero attached hydrogens (tertiary/aromatic N) is 2. The van der Waals surface area contributed by atoms with Gasteiger partial charge in [0.05, 0.1) is 12.0 Å². The largest absolute Gasteiger partial charge is 0.497 e. The van der Waals surface area contributed by atoms with Crippen LogP contribution in [0, 0.1) is 0 Å². The first-order chi connectivity index (χ1) is 16.8. The van der Waals surface area contributed by atoms with Crippen LogP contribution in [0.15, 0.2) is 57.8 Å². The molecule has 11 heteroatoms. The molecule has 1 saturated carbocycles. The zero-order valence-corrected chi connectivity index (χ0v) is 21.5. The van der Waals surface area contributed by atoms with Crippen molar-refractivity contribution in [1.82, 2.24) is 4.90 Å². The third-order valence-corrected chi connectivity index (χ3v) is 8.74. The van der Waals surface area contributed by atoms with E-state index in [1.807, 2.05) is 0 Å². The number of hydrogen-bond acceptors (Lipinski definition) is 6. The van der Waals surface area contributed by atoms with Crippen LogP contribution in [0.4, 0.5) is 5.69 Å². The highest BCUT2D eigenvalue weighted by Crippen LogP contribution is 2.36. The van der Waals surface area contributed by atoms with Crippen LogP contribution in [0.5, 0.6) is 5.75 Å². The SMILES string of the molecule is COc1cccc(NC(=O)C[C@H]2SC(=NS(=O)(=O)c3ccc(Cl)cc3)N(C3CCCCC3)C2=O)c1. The number of ether oxygens (including phenoxy) is 1. The second-order valence-electron chi connectivity index (χ2n) is 8.39. The van der Waals surface area contributed by atoms with E-state index in [-0.39, 0.29) is 34.3 Å². The average Bonchev–Trinajstić information content (AvgIpc) is 3.13. The Kier molecular flexibility index (Phi) is 8.03. The summed E-state index contributed by atoms with van der Waals surface area (Å²) in [7, 11) is -2.53. The minimum atomic E-state index is -4.06. The lowest BCUT2D eigenvalue weighted by molar-refractivity contribution is -0.130. The van der Waals surface area contributed by atoms with Crippen molar-refractivity contribution in [3.05, 3.63) is 53.6 Å². The van der Waals surface area contributed by atoms with Crippen LogP contribution in [-0.2, 0) is 19.6 Å². The Morgan fingerprint density at radius 3 is 2.57 bits per heavy atom. The maximum absolute atomic E-state index is 13.4. The van der Waals surface area contributed by atoms with Crippen LogP contribution in [0.25, 0.3) is 0 Å². The number of nitrogens with one attached hydrogen (secondary N) is 1. The van der Waals surface area contributed by atoms with Gasteiger partial charge in [-0.05, 0) is 49.2 Å². The standard InChI is InChI=1S/C24H26ClN3O5S2/c1-33-19-9-5-6-17(14-19)26-22(29)15-21-23(30)28(18-7-3-2-4-8-18)24(34-21)27-35(31,32)20-12-10-16(25)11-13-20/h5-6,9-14,18,21H,2-4,7-8,15H2,1H3,(H,26,29)/t21-/m1/s1. The number of anilines is 1. The Bertz CT molecular complexity index is 1230. The Labute approximate surface area is 214 Å². The van der Waals surface area contributed by atoms with Gasteiger partial charge in [0.25, 0.3) is 10.0 Å². The molecule has 0 bridgehead atoms. The van der Waals surface area contributed by atoms with Crippen molar-refractivity contribution < 1.29 is 22.7 Å². The lowest BCUT2D eigenvalue weighted by Gasteiger charge is -2.30. The fourth-order valence-electron chi connectivity index (χ4n) is 4.20. The average molecular weight is 536 g/mol. The summed E-state index contributed by atoms with van der Waals surface area (Å²) in [5.41, 5.74) is 0.549. The maximum atomic E-state index is 13.4. The van der Waals surface area contributed by atoms with Gasteiger partial charge in [-0.25, -0.2) is 0 Å². The lowest BCUT2D eigenvalue weighted by atomic mass is 9.94. The van der Waals surface area contributed by atoms with Gasteiger partial charge in [0.2, 0.25) is 11.8 Å². The smallest absolute Gasteiger partial charge is 0.284 e. The molecule has 1 heterocycles. The van der Waals surface area contributed by atoms with Gasteiger partial charge in [-0.2, -0.15) is 8.42 Å². The predicted molar refractivity (Wildman–Crippen MR) is 137 cm³/mol. The van der Waals surface area contributed by atoms with Crippen molar-refractivity contribution >= 4 is 56.1 Å². The van der Waals surface area contributed by atoms with Gasteiger partial charge in [0, 0.05) is 29.2 Å². The third-order valence-electron chi connectivity index (χ3n) is 5.94. The summed E-state index contributed by atoms with van der Waals surface area (Å²) < 4.78 is 35.2. The van der Waals surface area contributed by atoms with Crippen molar-refractivity contribution in [2.24, 2.45) is 4.40 Å². The van der Waals surface area contributed by atoms with Gasteiger partial charge in [-0.1, -0.05) is 48.7 Å². The minimum Gasteiger partial charge on any atom is -0.497 e. The van der Waals surface area contributed by atoms with Crippen molar-refractivity contribution in [2.75, 3.05) is 12.4 Å². The Balaban J connectivity index is 1.56. The molecule has 0 unspecified atom stereocenters. The van der Waals surface area contributed by atoms with E-state index < -0.39 is 15.3 Å². The zero-order valence-electron chi connectivity index (χ0n) is 19.1. The van der Waals surface area contributed by atoms with Gasteiger partial charge in [-0.3, -0.25) is 14.5 Å². The van der Waals surface area contributed by atoms with E-state index in [0.29, 0.717) is 16.5 Å². The summed E-state index contributed by atoms with van der Waals surface area (Å²) >= 11 is 6.91. The first-order valence-electron chi connectivity index (χ1n) is 11.3. The van der Waals surface area contributed by atoms with Crippen LogP contribution in [-0.4, -0.2) is 48.7 Å². The lowest BCUT2D eigenvalue weighted by Crippen LogP contribution is -2.42. The molecule has 1 N–H and O–H groups in total. The number of carbonyl (C=O) groups is 2. The fourth-order valence-corrected chi connectivity index (χ4v) is 6.72. The van der Waals surface area contributed by atoms with E-state index in [9.17, 15) is 18.0 Å². The van der Waals surface area contributed by atoms with E-state index in [1.165, 1.54) is 36.3 Å². The number of halogens is 1. The summed E-state index contributed by atoms with van der Waals surface area (Å²) in [4.78, 5) is 27.6. The quantitative estimate of drug-likeness (QED) is 0.551. The van der Waals surface area contributed by atoms with Crippen molar-refractivity contribution in [3.8, 4) is 5.75 Å². The molecule has 1 atom stereocenters. The molecule has 0 radical (unpaired) electrons. The summed E-state index contributed by atoms with van der Waals surface area (Å²) in [6.07, 6.45) is 4.43. The molecule has 4 rings (SSSR count). The van der Waals surface area contributed by atoms with Crippen molar-refractivity contribution in [3.63, 3.8) is 0 Å². The van der Waals surface area contributed by atoms with E-state index in [0.717, 1.165) is 43.9 Å². The van der Waals surface area contributed by atoms with Crippen LogP contribution >= 0.6 is 23.4 Å². The van der Waals surface area contributed by atoms with Crippen LogP contribution < -0.4 is 10.1 Å². The number of amides is 2. The van der Waals surface area contributed by atoms with E-state index in [4.69, 9.17) is 16.3 Å². The molecule has 1 aliphatic heterocycles.